The zero-order valence-corrected chi connectivity index (χ0v) is 5.86. The molecule has 0 aliphatic heterocycles. The Balaban J connectivity index is 2.63. The molecule has 5 N–H and O–H groups in total. The molecule has 0 unspecified atom stereocenters. The fourth-order valence-corrected chi connectivity index (χ4v) is 0.631. The molecule has 1 aromatic rings. The highest BCUT2D eigenvalue weighted by atomic mass is 16.3. The van der Waals surface area contributed by atoms with Gasteiger partial charge in [0.05, 0.1) is 19.3 Å². The minimum Gasteiger partial charge on any atom is -0.503 e. The SMILES string of the molecule is Nc1c(O)cnn1NCCO. The molecule has 0 aliphatic rings. The van der Waals surface area contributed by atoms with Crippen molar-refractivity contribution in [3.63, 3.8) is 0 Å². The van der Waals surface area contributed by atoms with Gasteiger partial charge in [0.25, 0.3) is 0 Å². The number of anilines is 1. The number of aliphatic hydroxyl groups excluding tert-OH is 1. The summed E-state index contributed by atoms with van der Waals surface area (Å²) in [4.78, 5) is 1.20. The summed E-state index contributed by atoms with van der Waals surface area (Å²) >= 11 is 0. The lowest BCUT2D eigenvalue weighted by molar-refractivity contribution is 0.306. The molecule has 1 heterocycles. The van der Waals surface area contributed by atoms with E-state index in [1.54, 1.807) is 0 Å². The Labute approximate surface area is 63.2 Å². The third kappa shape index (κ3) is 1.53. The van der Waals surface area contributed by atoms with Crippen LogP contribution in [0.1, 0.15) is 0 Å². The van der Waals surface area contributed by atoms with E-state index in [0.29, 0.717) is 6.54 Å². The van der Waals surface area contributed by atoms with Gasteiger partial charge in [-0.2, -0.15) is 9.89 Å². The number of aromatic nitrogens is 2. The van der Waals surface area contributed by atoms with Gasteiger partial charge in [0.1, 0.15) is 0 Å². The van der Waals surface area contributed by atoms with Crippen LogP contribution in [-0.4, -0.2) is 33.3 Å². The van der Waals surface area contributed by atoms with Gasteiger partial charge in [0.15, 0.2) is 11.6 Å². The second-order valence-corrected chi connectivity index (χ2v) is 1.96. The van der Waals surface area contributed by atoms with Crippen molar-refractivity contribution in [2.45, 2.75) is 0 Å². The van der Waals surface area contributed by atoms with Gasteiger partial charge in [-0.05, 0) is 0 Å². The van der Waals surface area contributed by atoms with Gasteiger partial charge in [-0.25, -0.2) is 0 Å². The molecule has 0 spiro atoms. The summed E-state index contributed by atoms with van der Waals surface area (Å²) in [6, 6.07) is 0. The first-order chi connectivity index (χ1) is 5.25. The Morgan fingerprint density at radius 3 is 2.91 bits per heavy atom. The summed E-state index contributed by atoms with van der Waals surface area (Å²) in [7, 11) is 0. The number of aliphatic hydroxyl groups is 1. The lowest BCUT2D eigenvalue weighted by atomic mass is 10.6. The van der Waals surface area contributed by atoms with Crippen LogP contribution in [0.3, 0.4) is 0 Å². The molecular formula is C5H10N4O2. The van der Waals surface area contributed by atoms with Crippen LogP contribution in [0.15, 0.2) is 6.20 Å². The Bertz CT molecular complexity index is 234. The first-order valence-electron chi connectivity index (χ1n) is 3.13. The monoisotopic (exact) mass is 158 g/mol. The number of hydrogen-bond acceptors (Lipinski definition) is 5. The minimum atomic E-state index is -0.0737. The Hall–Kier alpha value is -1.43. The predicted octanol–water partition coefficient (Wildman–Crippen LogP) is -1.29. The van der Waals surface area contributed by atoms with Gasteiger partial charge in [-0.15, -0.1) is 0 Å². The maximum absolute atomic E-state index is 8.93. The van der Waals surface area contributed by atoms with Crippen molar-refractivity contribution in [3.05, 3.63) is 6.20 Å². The van der Waals surface area contributed by atoms with E-state index in [-0.39, 0.29) is 18.2 Å². The molecule has 0 radical (unpaired) electrons. The van der Waals surface area contributed by atoms with Gasteiger partial charge in [-0.3, -0.25) is 0 Å². The van der Waals surface area contributed by atoms with Crippen molar-refractivity contribution < 1.29 is 10.2 Å². The molecule has 0 aliphatic carbocycles. The smallest absolute Gasteiger partial charge is 0.187 e. The lowest BCUT2D eigenvalue weighted by Crippen LogP contribution is -2.21. The molecule has 0 amide bonds. The van der Waals surface area contributed by atoms with E-state index < -0.39 is 0 Å². The van der Waals surface area contributed by atoms with Crippen LogP contribution >= 0.6 is 0 Å². The quantitative estimate of drug-likeness (QED) is 0.438. The second-order valence-electron chi connectivity index (χ2n) is 1.96. The topological polar surface area (TPSA) is 96.3 Å². The first kappa shape index (κ1) is 7.67. The van der Waals surface area contributed by atoms with Gasteiger partial charge in [-0.1, -0.05) is 0 Å². The van der Waals surface area contributed by atoms with Crippen LogP contribution in [0, 0.1) is 0 Å². The summed E-state index contributed by atoms with van der Waals surface area (Å²) in [6.07, 6.45) is 1.22. The van der Waals surface area contributed by atoms with Gasteiger partial charge in [0.2, 0.25) is 0 Å². The summed E-state index contributed by atoms with van der Waals surface area (Å²) in [6.45, 7) is 0.325. The number of hydrogen-bond donors (Lipinski definition) is 4. The highest BCUT2D eigenvalue weighted by Gasteiger charge is 2.02. The summed E-state index contributed by atoms with van der Waals surface area (Å²) in [5.74, 6) is 0.0638. The Morgan fingerprint density at radius 1 is 1.73 bits per heavy atom. The molecule has 11 heavy (non-hydrogen) atoms. The highest BCUT2D eigenvalue weighted by molar-refractivity contribution is 5.43. The van der Waals surface area contributed by atoms with Crippen molar-refractivity contribution in [2.24, 2.45) is 0 Å². The average molecular weight is 158 g/mol. The minimum absolute atomic E-state index is 0.0138. The normalized spacial score (nSPS) is 9.91. The van der Waals surface area contributed by atoms with Crippen LogP contribution < -0.4 is 11.2 Å². The van der Waals surface area contributed by atoms with Crippen molar-refractivity contribution in [1.29, 1.82) is 0 Å². The van der Waals surface area contributed by atoms with Crippen LogP contribution in [0.2, 0.25) is 0 Å². The van der Waals surface area contributed by atoms with E-state index >= 15 is 0 Å². The second kappa shape index (κ2) is 3.11. The van der Waals surface area contributed by atoms with Crippen LogP contribution in [0.25, 0.3) is 0 Å². The maximum atomic E-state index is 8.93. The molecule has 0 bridgehead atoms. The number of nitrogens with one attached hydrogen (secondary N) is 1. The zero-order chi connectivity index (χ0) is 8.27. The summed E-state index contributed by atoms with van der Waals surface area (Å²) < 4.78 is 0. The summed E-state index contributed by atoms with van der Waals surface area (Å²) in [5.41, 5.74) is 8.00. The molecule has 0 saturated carbocycles. The van der Waals surface area contributed by atoms with E-state index in [1.165, 1.54) is 11.0 Å². The van der Waals surface area contributed by atoms with E-state index in [0.717, 1.165) is 0 Å². The van der Waals surface area contributed by atoms with Crippen molar-refractivity contribution >= 4 is 5.82 Å². The Kier molecular flexibility index (Phi) is 2.17. The lowest BCUT2D eigenvalue weighted by Gasteiger charge is -2.04. The predicted molar refractivity (Wildman–Crippen MR) is 39.6 cm³/mol. The first-order valence-corrected chi connectivity index (χ1v) is 3.13. The molecule has 1 rings (SSSR count). The third-order valence-corrected chi connectivity index (χ3v) is 1.16. The van der Waals surface area contributed by atoms with Crippen molar-refractivity contribution in [3.8, 4) is 5.75 Å². The molecule has 6 nitrogen and oxygen atoms in total. The molecule has 6 heteroatoms. The number of nitrogen functional groups attached to an aromatic ring is 1. The van der Waals surface area contributed by atoms with Crippen molar-refractivity contribution in [1.82, 2.24) is 9.89 Å². The number of nitrogens with zero attached hydrogens (tertiary/aromatic N) is 2. The molecule has 0 aromatic carbocycles. The zero-order valence-electron chi connectivity index (χ0n) is 5.86. The fourth-order valence-electron chi connectivity index (χ4n) is 0.631. The molecule has 62 valence electrons. The van der Waals surface area contributed by atoms with Crippen LogP contribution in [0.5, 0.6) is 5.75 Å². The average Bonchev–Trinajstić information content (AvgIpc) is 2.31. The maximum Gasteiger partial charge on any atom is 0.187 e. The molecule has 0 atom stereocenters. The van der Waals surface area contributed by atoms with E-state index in [2.05, 4.69) is 10.5 Å². The highest BCUT2D eigenvalue weighted by Crippen LogP contribution is 2.15. The summed E-state index contributed by atoms with van der Waals surface area (Å²) in [5, 5.41) is 21.0. The van der Waals surface area contributed by atoms with E-state index in [9.17, 15) is 0 Å². The number of nitrogens with two attached hydrogens (primary N) is 1. The van der Waals surface area contributed by atoms with Gasteiger partial charge < -0.3 is 21.4 Å². The molecule has 0 fully saturated rings. The van der Waals surface area contributed by atoms with Gasteiger partial charge in [0, 0.05) is 0 Å². The molecular weight excluding hydrogens is 148 g/mol. The van der Waals surface area contributed by atoms with Crippen LogP contribution in [0.4, 0.5) is 5.82 Å². The fraction of sp³-hybridized carbons (Fsp3) is 0.400. The van der Waals surface area contributed by atoms with E-state index in [1.807, 2.05) is 0 Å². The standard InChI is InChI=1S/C5H10N4O2/c6-5-4(11)3-8-9(5)7-1-2-10/h3,7,10-11H,1-2,6H2. The Morgan fingerprint density at radius 2 is 2.45 bits per heavy atom. The molecule has 1 aromatic heterocycles. The van der Waals surface area contributed by atoms with Crippen molar-refractivity contribution in [2.75, 3.05) is 24.3 Å². The van der Waals surface area contributed by atoms with Crippen LogP contribution in [-0.2, 0) is 0 Å². The molecule has 0 saturated heterocycles. The van der Waals surface area contributed by atoms with Gasteiger partial charge >= 0.3 is 0 Å². The number of rotatable bonds is 3. The third-order valence-electron chi connectivity index (χ3n) is 1.16. The number of aromatic hydroxyl groups is 1. The van der Waals surface area contributed by atoms with E-state index in [4.69, 9.17) is 15.9 Å². The largest absolute Gasteiger partial charge is 0.503 e.